The second kappa shape index (κ2) is 5.55. The Morgan fingerprint density at radius 1 is 1.11 bits per heavy atom. The molecular weight excluding hydrogens is 290 g/mol. The number of hydrogen-bond donors (Lipinski definition) is 2. The first-order valence-electron chi connectivity index (χ1n) is 5.36. The molecule has 2 aromatic carbocycles. The highest BCUT2D eigenvalue weighted by Gasteiger charge is 2.09. The molecule has 0 atom stereocenters. The second-order valence-electron chi connectivity index (χ2n) is 3.82. The van der Waals surface area contributed by atoms with E-state index >= 15 is 0 Å². The summed E-state index contributed by atoms with van der Waals surface area (Å²) in [6.45, 7) is 0. The van der Waals surface area contributed by atoms with Crippen LogP contribution in [-0.4, -0.2) is 7.11 Å². The van der Waals surface area contributed by atoms with Gasteiger partial charge in [-0.3, -0.25) is 0 Å². The lowest BCUT2D eigenvalue weighted by atomic mass is 10.2. The van der Waals surface area contributed by atoms with Crippen molar-refractivity contribution in [2.75, 3.05) is 18.2 Å². The lowest BCUT2D eigenvalue weighted by Crippen LogP contribution is -1.99. The van der Waals surface area contributed by atoms with Crippen molar-refractivity contribution in [3.63, 3.8) is 0 Å². The number of methoxy groups -OCH3 is 1. The number of anilines is 3. The van der Waals surface area contributed by atoms with E-state index in [2.05, 4.69) is 5.32 Å². The Morgan fingerprint density at radius 2 is 1.79 bits per heavy atom. The van der Waals surface area contributed by atoms with Crippen LogP contribution in [0.25, 0.3) is 0 Å². The topological polar surface area (TPSA) is 47.3 Å². The number of nitrogens with one attached hydrogen (secondary N) is 1. The average molecular weight is 301 g/mol. The molecule has 0 heterocycles. The minimum atomic E-state index is -0.425. The molecule has 19 heavy (non-hydrogen) atoms. The molecule has 0 saturated heterocycles. The third-order valence-corrected chi connectivity index (χ3v) is 3.26. The Morgan fingerprint density at radius 3 is 2.47 bits per heavy atom. The molecule has 0 spiro atoms. The van der Waals surface area contributed by atoms with Crippen molar-refractivity contribution < 1.29 is 9.13 Å². The van der Waals surface area contributed by atoms with Crippen molar-refractivity contribution >= 4 is 40.3 Å². The first-order valence-corrected chi connectivity index (χ1v) is 6.12. The maximum Gasteiger partial charge on any atom is 0.146 e. The molecule has 0 saturated carbocycles. The van der Waals surface area contributed by atoms with Gasteiger partial charge in [-0.05, 0) is 24.3 Å². The summed E-state index contributed by atoms with van der Waals surface area (Å²) in [5.74, 6) is 0.105. The summed E-state index contributed by atoms with van der Waals surface area (Å²) >= 11 is 11.7. The molecule has 2 aromatic rings. The molecule has 0 aliphatic heterocycles. The van der Waals surface area contributed by atoms with Gasteiger partial charge in [0.05, 0.1) is 34.2 Å². The number of rotatable bonds is 3. The summed E-state index contributed by atoms with van der Waals surface area (Å²) in [5, 5.41) is 3.54. The van der Waals surface area contributed by atoms with Crippen molar-refractivity contribution in [2.45, 2.75) is 0 Å². The molecule has 0 fully saturated rings. The van der Waals surface area contributed by atoms with Crippen LogP contribution in [0.4, 0.5) is 21.5 Å². The third kappa shape index (κ3) is 3.03. The molecule has 3 nitrogen and oxygen atoms in total. The summed E-state index contributed by atoms with van der Waals surface area (Å²) in [4.78, 5) is 0. The lowest BCUT2D eigenvalue weighted by molar-refractivity contribution is 0.414. The fraction of sp³-hybridized carbons (Fsp3) is 0.0769. The van der Waals surface area contributed by atoms with E-state index in [0.29, 0.717) is 27.2 Å². The standard InChI is InChI=1S/C13H11Cl2FN2O/c1-19-7-2-3-10(16)12(4-7)18-13-6-9(15)8(14)5-11(13)17/h2-6,18H,17H2,1H3. The van der Waals surface area contributed by atoms with Gasteiger partial charge in [0.25, 0.3) is 0 Å². The molecule has 0 aliphatic carbocycles. The Kier molecular flexibility index (Phi) is 4.02. The minimum absolute atomic E-state index is 0.240. The zero-order valence-corrected chi connectivity index (χ0v) is 11.5. The van der Waals surface area contributed by atoms with Crippen molar-refractivity contribution in [3.05, 3.63) is 46.2 Å². The fourth-order valence-corrected chi connectivity index (χ4v) is 1.88. The average Bonchev–Trinajstić information content (AvgIpc) is 2.38. The van der Waals surface area contributed by atoms with E-state index in [1.807, 2.05) is 0 Å². The third-order valence-electron chi connectivity index (χ3n) is 2.54. The molecule has 0 amide bonds. The molecule has 100 valence electrons. The number of nitrogens with two attached hydrogens (primary N) is 1. The summed E-state index contributed by atoms with van der Waals surface area (Å²) in [7, 11) is 1.50. The molecule has 0 aromatic heterocycles. The van der Waals surface area contributed by atoms with E-state index in [4.69, 9.17) is 33.7 Å². The van der Waals surface area contributed by atoms with Gasteiger partial charge >= 0.3 is 0 Å². The molecule has 3 N–H and O–H groups in total. The highest BCUT2D eigenvalue weighted by Crippen LogP contribution is 2.33. The van der Waals surface area contributed by atoms with E-state index in [1.54, 1.807) is 0 Å². The first-order chi connectivity index (χ1) is 9.01. The van der Waals surface area contributed by atoms with Crippen LogP contribution >= 0.6 is 23.2 Å². The molecule has 0 bridgehead atoms. The van der Waals surface area contributed by atoms with Crippen LogP contribution in [-0.2, 0) is 0 Å². The number of benzene rings is 2. The normalized spacial score (nSPS) is 10.3. The van der Waals surface area contributed by atoms with Crippen molar-refractivity contribution in [1.29, 1.82) is 0 Å². The maximum atomic E-state index is 13.7. The molecular formula is C13H11Cl2FN2O. The minimum Gasteiger partial charge on any atom is -0.497 e. The van der Waals surface area contributed by atoms with Gasteiger partial charge in [0.15, 0.2) is 0 Å². The number of nitrogen functional groups attached to an aromatic ring is 1. The molecule has 0 aliphatic rings. The Bertz CT molecular complexity index is 620. The highest BCUT2D eigenvalue weighted by molar-refractivity contribution is 6.42. The fourth-order valence-electron chi connectivity index (χ4n) is 1.54. The molecule has 6 heteroatoms. The van der Waals surface area contributed by atoms with Crippen molar-refractivity contribution in [1.82, 2.24) is 0 Å². The number of halogens is 3. The first kappa shape index (κ1) is 13.8. The predicted molar refractivity (Wildman–Crippen MR) is 77.1 cm³/mol. The van der Waals surface area contributed by atoms with Crippen LogP contribution in [0.3, 0.4) is 0 Å². The zero-order chi connectivity index (χ0) is 14.0. The van der Waals surface area contributed by atoms with Gasteiger partial charge in [-0.2, -0.15) is 0 Å². The van der Waals surface area contributed by atoms with Crippen LogP contribution in [0.15, 0.2) is 30.3 Å². The van der Waals surface area contributed by atoms with Gasteiger partial charge in [-0.15, -0.1) is 0 Å². The monoisotopic (exact) mass is 300 g/mol. The molecule has 0 radical (unpaired) electrons. The molecule has 2 rings (SSSR count). The van der Waals surface area contributed by atoms with Gasteiger partial charge in [0, 0.05) is 6.07 Å². The summed E-state index contributed by atoms with van der Waals surface area (Å²) in [6.07, 6.45) is 0. The van der Waals surface area contributed by atoms with Crippen molar-refractivity contribution in [3.8, 4) is 5.75 Å². The quantitative estimate of drug-likeness (QED) is 0.822. The van der Waals surface area contributed by atoms with Gasteiger partial charge in [-0.25, -0.2) is 4.39 Å². The SMILES string of the molecule is COc1ccc(F)c(Nc2cc(Cl)c(Cl)cc2N)c1. The van der Waals surface area contributed by atoms with E-state index in [9.17, 15) is 4.39 Å². The van der Waals surface area contributed by atoms with Gasteiger partial charge in [-0.1, -0.05) is 23.2 Å². The molecule has 0 unspecified atom stereocenters. The summed E-state index contributed by atoms with van der Waals surface area (Å²) in [6, 6.07) is 7.40. The van der Waals surface area contributed by atoms with Gasteiger partial charge in [0.1, 0.15) is 11.6 Å². The predicted octanol–water partition coefficient (Wildman–Crippen LogP) is 4.47. The van der Waals surface area contributed by atoms with Crippen LogP contribution in [0.5, 0.6) is 5.75 Å². The smallest absolute Gasteiger partial charge is 0.146 e. The van der Waals surface area contributed by atoms with Crippen LogP contribution < -0.4 is 15.8 Å². The summed E-state index contributed by atoms with van der Waals surface area (Å²) < 4.78 is 18.7. The number of ether oxygens (including phenoxy) is 1. The van der Waals surface area contributed by atoms with Crippen LogP contribution in [0.1, 0.15) is 0 Å². The van der Waals surface area contributed by atoms with E-state index in [1.165, 1.54) is 37.4 Å². The highest BCUT2D eigenvalue weighted by atomic mass is 35.5. The number of hydrogen-bond acceptors (Lipinski definition) is 3. The Hall–Kier alpha value is -1.65. The van der Waals surface area contributed by atoms with E-state index in [-0.39, 0.29) is 5.69 Å². The lowest BCUT2D eigenvalue weighted by Gasteiger charge is -2.12. The van der Waals surface area contributed by atoms with Crippen LogP contribution in [0, 0.1) is 5.82 Å². The van der Waals surface area contributed by atoms with E-state index < -0.39 is 5.82 Å². The van der Waals surface area contributed by atoms with Gasteiger partial charge < -0.3 is 15.8 Å². The maximum absolute atomic E-state index is 13.7. The Labute approximate surface area is 120 Å². The largest absolute Gasteiger partial charge is 0.497 e. The second-order valence-corrected chi connectivity index (χ2v) is 4.64. The van der Waals surface area contributed by atoms with Crippen LogP contribution in [0.2, 0.25) is 10.0 Å². The zero-order valence-electron chi connectivity index (χ0n) is 10.0. The van der Waals surface area contributed by atoms with E-state index in [0.717, 1.165) is 0 Å². The Balaban J connectivity index is 2.38. The van der Waals surface area contributed by atoms with Gasteiger partial charge in [0.2, 0.25) is 0 Å². The van der Waals surface area contributed by atoms with Crippen molar-refractivity contribution in [2.24, 2.45) is 0 Å². The summed E-state index contributed by atoms with van der Waals surface area (Å²) in [5.41, 5.74) is 6.89.